The van der Waals surface area contributed by atoms with Crippen LogP contribution in [-0.4, -0.2) is 24.9 Å². The van der Waals surface area contributed by atoms with Gasteiger partial charge in [0.15, 0.2) is 11.5 Å². The lowest BCUT2D eigenvalue weighted by Crippen LogP contribution is -2.17. The molecular formula is C15H17NO4S. The number of ether oxygens (including phenoxy) is 2. The highest BCUT2D eigenvalue weighted by molar-refractivity contribution is 8.18. The predicted molar refractivity (Wildman–Crippen MR) is 82.5 cm³/mol. The number of nitrogens with one attached hydrogen (secondary N) is 1. The topological polar surface area (TPSA) is 64.6 Å². The molecule has 1 aromatic rings. The third-order valence-corrected chi connectivity index (χ3v) is 3.69. The quantitative estimate of drug-likeness (QED) is 0.646. The minimum absolute atomic E-state index is 0.349. The molecule has 0 radical (unpaired) electrons. The molecule has 1 aromatic carbocycles. The molecule has 1 fully saturated rings. The summed E-state index contributed by atoms with van der Waals surface area (Å²) in [7, 11) is 1.57. The molecule has 2 amide bonds. The largest absolute Gasteiger partial charge is 0.493 e. The van der Waals surface area contributed by atoms with Gasteiger partial charge in [0.1, 0.15) is 0 Å². The van der Waals surface area contributed by atoms with Crippen molar-refractivity contribution < 1.29 is 19.1 Å². The van der Waals surface area contributed by atoms with Crippen LogP contribution in [-0.2, 0) is 4.79 Å². The summed E-state index contributed by atoms with van der Waals surface area (Å²) < 4.78 is 10.9. The summed E-state index contributed by atoms with van der Waals surface area (Å²) in [5.41, 5.74) is 0.780. The van der Waals surface area contributed by atoms with Crippen LogP contribution >= 0.6 is 11.8 Å². The van der Waals surface area contributed by atoms with E-state index in [9.17, 15) is 9.59 Å². The second-order valence-corrected chi connectivity index (χ2v) is 5.48. The van der Waals surface area contributed by atoms with Crippen molar-refractivity contribution in [1.29, 1.82) is 0 Å². The molecule has 1 aliphatic heterocycles. The summed E-state index contributed by atoms with van der Waals surface area (Å²) in [6, 6.07) is 5.42. The molecular weight excluding hydrogens is 290 g/mol. The Kier molecular flexibility index (Phi) is 5.27. The van der Waals surface area contributed by atoms with Crippen LogP contribution in [0.25, 0.3) is 6.08 Å². The van der Waals surface area contributed by atoms with Crippen molar-refractivity contribution in [2.24, 2.45) is 0 Å². The SMILES string of the molecule is CCCCOc1ccc(C=C2SC(=O)NC2=O)cc1OC. The average molecular weight is 307 g/mol. The molecule has 1 N–H and O–H groups in total. The second kappa shape index (κ2) is 7.17. The van der Waals surface area contributed by atoms with E-state index in [-0.39, 0.29) is 11.1 Å². The Labute approximate surface area is 127 Å². The van der Waals surface area contributed by atoms with Crippen molar-refractivity contribution in [3.8, 4) is 11.5 Å². The molecule has 5 nitrogen and oxygen atoms in total. The zero-order valence-electron chi connectivity index (χ0n) is 12.0. The Morgan fingerprint density at radius 3 is 2.71 bits per heavy atom. The Bertz CT molecular complexity index is 583. The van der Waals surface area contributed by atoms with Gasteiger partial charge in [-0.1, -0.05) is 19.4 Å². The van der Waals surface area contributed by atoms with Crippen molar-refractivity contribution in [3.63, 3.8) is 0 Å². The van der Waals surface area contributed by atoms with Crippen molar-refractivity contribution in [2.75, 3.05) is 13.7 Å². The fourth-order valence-electron chi connectivity index (χ4n) is 1.79. The number of carbonyl (C=O) groups is 2. The summed E-state index contributed by atoms with van der Waals surface area (Å²) >= 11 is 0.892. The first-order chi connectivity index (χ1) is 10.1. The molecule has 1 aliphatic rings. The van der Waals surface area contributed by atoms with Crippen molar-refractivity contribution >= 4 is 29.0 Å². The molecule has 0 spiro atoms. The van der Waals surface area contributed by atoms with Crippen LogP contribution in [0.2, 0.25) is 0 Å². The van der Waals surface area contributed by atoms with Crippen LogP contribution in [0.5, 0.6) is 11.5 Å². The van der Waals surface area contributed by atoms with Crippen LogP contribution in [0.3, 0.4) is 0 Å². The molecule has 0 saturated carbocycles. The number of hydrogen-bond donors (Lipinski definition) is 1. The van der Waals surface area contributed by atoms with E-state index in [1.165, 1.54) is 0 Å². The van der Waals surface area contributed by atoms with Crippen molar-refractivity contribution in [2.45, 2.75) is 19.8 Å². The van der Waals surface area contributed by atoms with Gasteiger partial charge in [-0.2, -0.15) is 0 Å². The smallest absolute Gasteiger partial charge is 0.290 e. The summed E-state index contributed by atoms with van der Waals surface area (Å²) in [6.07, 6.45) is 3.70. The van der Waals surface area contributed by atoms with Crippen LogP contribution in [0.15, 0.2) is 23.1 Å². The van der Waals surface area contributed by atoms with Crippen LogP contribution in [0, 0.1) is 0 Å². The van der Waals surface area contributed by atoms with Crippen LogP contribution in [0.1, 0.15) is 25.3 Å². The first-order valence-corrected chi connectivity index (χ1v) is 7.51. The molecule has 21 heavy (non-hydrogen) atoms. The van der Waals surface area contributed by atoms with Crippen molar-refractivity contribution in [3.05, 3.63) is 28.7 Å². The Hall–Kier alpha value is -1.95. The predicted octanol–water partition coefficient (Wildman–Crippen LogP) is 3.20. The van der Waals surface area contributed by atoms with Crippen molar-refractivity contribution in [1.82, 2.24) is 5.32 Å². The van der Waals surface area contributed by atoms with E-state index in [4.69, 9.17) is 9.47 Å². The third-order valence-electron chi connectivity index (χ3n) is 2.88. The number of benzene rings is 1. The number of carbonyl (C=O) groups excluding carboxylic acids is 2. The van der Waals surface area contributed by atoms with Gasteiger partial charge in [-0.15, -0.1) is 0 Å². The van der Waals surface area contributed by atoms with E-state index < -0.39 is 0 Å². The molecule has 6 heteroatoms. The van der Waals surface area contributed by atoms with Gasteiger partial charge >= 0.3 is 0 Å². The summed E-state index contributed by atoms with van der Waals surface area (Å²) in [5.74, 6) is 0.912. The van der Waals surface area contributed by atoms with Gasteiger partial charge in [-0.05, 0) is 42.0 Å². The number of amides is 2. The number of unbranched alkanes of at least 4 members (excludes halogenated alkanes) is 1. The fraction of sp³-hybridized carbons (Fsp3) is 0.333. The van der Waals surface area contributed by atoms with Gasteiger partial charge in [-0.3, -0.25) is 14.9 Å². The highest BCUT2D eigenvalue weighted by Gasteiger charge is 2.25. The molecule has 0 unspecified atom stereocenters. The maximum absolute atomic E-state index is 11.5. The minimum atomic E-state index is -0.368. The fourth-order valence-corrected chi connectivity index (χ4v) is 2.47. The van der Waals surface area contributed by atoms with Gasteiger partial charge in [0.25, 0.3) is 11.1 Å². The van der Waals surface area contributed by atoms with E-state index in [2.05, 4.69) is 12.2 Å². The molecule has 0 aliphatic carbocycles. The average Bonchev–Trinajstić information content (AvgIpc) is 2.78. The van der Waals surface area contributed by atoms with E-state index in [1.807, 2.05) is 6.07 Å². The van der Waals surface area contributed by atoms with E-state index >= 15 is 0 Å². The Morgan fingerprint density at radius 2 is 2.10 bits per heavy atom. The van der Waals surface area contributed by atoms with E-state index in [0.717, 1.165) is 30.2 Å². The number of thioether (sulfide) groups is 1. The van der Waals surface area contributed by atoms with Gasteiger partial charge in [-0.25, -0.2) is 0 Å². The molecule has 0 atom stereocenters. The lowest BCUT2D eigenvalue weighted by Gasteiger charge is -2.11. The first-order valence-electron chi connectivity index (χ1n) is 6.69. The monoisotopic (exact) mass is 307 g/mol. The third kappa shape index (κ3) is 4.01. The number of imide groups is 1. The molecule has 1 heterocycles. The summed E-state index contributed by atoms with van der Waals surface area (Å²) in [6.45, 7) is 2.74. The maximum Gasteiger partial charge on any atom is 0.290 e. The standard InChI is InChI=1S/C15H17NO4S/c1-3-4-7-20-11-6-5-10(8-12(11)19-2)9-13-14(17)16-15(18)21-13/h5-6,8-9H,3-4,7H2,1-2H3,(H,16,17,18). The lowest BCUT2D eigenvalue weighted by atomic mass is 10.2. The highest BCUT2D eigenvalue weighted by Crippen LogP contribution is 2.31. The maximum atomic E-state index is 11.5. The molecule has 0 bridgehead atoms. The normalized spacial score (nSPS) is 16.2. The zero-order chi connectivity index (χ0) is 15.2. The van der Waals surface area contributed by atoms with Gasteiger partial charge < -0.3 is 9.47 Å². The van der Waals surface area contributed by atoms with Crippen LogP contribution in [0.4, 0.5) is 4.79 Å². The number of methoxy groups -OCH3 is 1. The lowest BCUT2D eigenvalue weighted by molar-refractivity contribution is -0.115. The van der Waals surface area contributed by atoms with Gasteiger partial charge in [0.2, 0.25) is 0 Å². The number of rotatable bonds is 6. The highest BCUT2D eigenvalue weighted by atomic mass is 32.2. The van der Waals surface area contributed by atoms with Crippen LogP contribution < -0.4 is 14.8 Å². The first kappa shape index (κ1) is 15.4. The summed E-state index contributed by atoms with van der Waals surface area (Å²) in [5, 5.41) is 1.87. The molecule has 112 valence electrons. The minimum Gasteiger partial charge on any atom is -0.493 e. The van der Waals surface area contributed by atoms with Gasteiger partial charge in [0.05, 0.1) is 18.6 Å². The Morgan fingerprint density at radius 1 is 1.29 bits per heavy atom. The van der Waals surface area contributed by atoms with Gasteiger partial charge in [0, 0.05) is 0 Å². The van der Waals surface area contributed by atoms with E-state index in [1.54, 1.807) is 25.3 Å². The molecule has 2 rings (SSSR count). The Balaban J connectivity index is 2.17. The second-order valence-electron chi connectivity index (χ2n) is 4.46. The number of hydrogen-bond acceptors (Lipinski definition) is 5. The molecule has 1 saturated heterocycles. The zero-order valence-corrected chi connectivity index (χ0v) is 12.8. The van der Waals surface area contributed by atoms with E-state index in [0.29, 0.717) is 23.0 Å². The molecule has 0 aromatic heterocycles. The summed E-state index contributed by atoms with van der Waals surface area (Å²) in [4.78, 5) is 23.0.